The Kier molecular flexibility index (Phi) is 36.8. The third-order valence-electron chi connectivity index (χ3n) is 12.3. The summed E-state index contributed by atoms with van der Waals surface area (Å²) in [6.07, 6.45) is 36.5. The molecule has 0 aromatic carbocycles. The maximum Gasteiger partial charge on any atom is 0.220 e. The summed E-state index contributed by atoms with van der Waals surface area (Å²) in [6, 6.07) is -0.980. The summed E-state index contributed by atoms with van der Waals surface area (Å²) in [6.45, 7) is 2.57. The number of nitrogens with one attached hydrogen (secondary N) is 1. The van der Waals surface area contributed by atoms with E-state index in [1.165, 1.54) is 77.0 Å². The lowest BCUT2D eigenvalue weighted by molar-refractivity contribution is -0.359. The lowest BCUT2D eigenvalue weighted by atomic mass is 9.97. The quantitative estimate of drug-likeness (QED) is 0.0217. The van der Waals surface area contributed by atoms with E-state index in [1.807, 2.05) is 18.2 Å². The zero-order chi connectivity index (χ0) is 50.3. The van der Waals surface area contributed by atoms with E-state index in [9.17, 15) is 45.6 Å². The van der Waals surface area contributed by atoms with Crippen LogP contribution in [0.2, 0.25) is 0 Å². The molecule has 396 valence electrons. The van der Waals surface area contributed by atoms with Crippen LogP contribution >= 0.6 is 0 Å². The minimum absolute atomic E-state index is 0.144. The topological polar surface area (TPSA) is 228 Å². The van der Waals surface area contributed by atoms with E-state index in [1.54, 1.807) is 6.08 Å². The SMILES string of the molecule is CC/C=C\C/C=C\C/C=C\C/C=C\CCC(=O)NC(COC1OC(CO)C(OC2OC(CO)C(O)C(O)C2O)C(O)C1O)C(O)/C=C/CC/C=C/CC/C=C/CCCCCCCCCCCCCC. The molecule has 14 heteroatoms. The van der Waals surface area contributed by atoms with Crippen LogP contribution < -0.4 is 5.32 Å². The first-order valence-corrected chi connectivity index (χ1v) is 26.3. The molecule has 0 aromatic heterocycles. The Hall–Kier alpha value is -2.83. The Bertz CT molecular complexity index is 1480. The number of unbranched alkanes of at least 4 members (excludes halogenated alkanes) is 14. The minimum Gasteiger partial charge on any atom is -0.394 e. The highest BCUT2D eigenvalue weighted by Crippen LogP contribution is 2.30. The smallest absolute Gasteiger partial charge is 0.220 e. The van der Waals surface area contributed by atoms with E-state index in [0.29, 0.717) is 12.8 Å². The lowest BCUT2D eigenvalue weighted by Crippen LogP contribution is -2.65. The Labute approximate surface area is 414 Å². The molecule has 0 bridgehead atoms. The average Bonchev–Trinajstić information content (AvgIpc) is 3.35. The van der Waals surface area contributed by atoms with Gasteiger partial charge in [-0.15, -0.1) is 0 Å². The van der Waals surface area contributed by atoms with E-state index in [2.05, 4.69) is 79.9 Å². The van der Waals surface area contributed by atoms with Crippen molar-refractivity contribution in [3.05, 3.63) is 85.1 Å². The third kappa shape index (κ3) is 27.5. The predicted molar refractivity (Wildman–Crippen MR) is 272 cm³/mol. The second kappa shape index (κ2) is 40.7. The van der Waals surface area contributed by atoms with Gasteiger partial charge in [0.15, 0.2) is 12.6 Å². The largest absolute Gasteiger partial charge is 0.394 e. The number of hydrogen-bond donors (Lipinski definition) is 9. The molecule has 1 amide bonds. The van der Waals surface area contributed by atoms with Gasteiger partial charge in [-0.1, -0.05) is 170 Å². The molecule has 0 aromatic rings. The number of ether oxygens (including phenoxy) is 4. The fourth-order valence-electron chi connectivity index (χ4n) is 8.04. The van der Waals surface area contributed by atoms with Crippen molar-refractivity contribution in [3.63, 3.8) is 0 Å². The van der Waals surface area contributed by atoms with Crippen molar-refractivity contribution in [1.29, 1.82) is 0 Å². The molecule has 14 nitrogen and oxygen atoms in total. The van der Waals surface area contributed by atoms with Crippen molar-refractivity contribution in [2.45, 2.75) is 235 Å². The minimum atomic E-state index is -1.80. The van der Waals surface area contributed by atoms with Crippen LogP contribution in [0.25, 0.3) is 0 Å². The van der Waals surface area contributed by atoms with Crippen LogP contribution in [-0.4, -0.2) is 140 Å². The highest BCUT2D eigenvalue weighted by molar-refractivity contribution is 5.76. The summed E-state index contributed by atoms with van der Waals surface area (Å²) in [4.78, 5) is 13.1. The zero-order valence-electron chi connectivity index (χ0n) is 42.0. The van der Waals surface area contributed by atoms with Crippen LogP contribution in [0.3, 0.4) is 0 Å². The Morgan fingerprint density at radius 1 is 0.536 bits per heavy atom. The van der Waals surface area contributed by atoms with E-state index in [0.717, 1.165) is 51.4 Å². The van der Waals surface area contributed by atoms with E-state index >= 15 is 0 Å². The van der Waals surface area contributed by atoms with Crippen LogP contribution in [0.4, 0.5) is 0 Å². The van der Waals surface area contributed by atoms with Gasteiger partial charge in [-0.05, 0) is 70.6 Å². The molecule has 2 aliphatic rings. The normalized spacial score (nSPS) is 26.9. The van der Waals surface area contributed by atoms with Gasteiger partial charge in [-0.3, -0.25) is 4.79 Å². The Morgan fingerprint density at radius 3 is 1.58 bits per heavy atom. The summed E-state index contributed by atoms with van der Waals surface area (Å²) in [7, 11) is 0. The van der Waals surface area contributed by atoms with Gasteiger partial charge in [0.25, 0.3) is 0 Å². The number of amides is 1. The monoisotopic (exact) mass is 976 g/mol. The molecule has 2 rings (SSSR count). The Morgan fingerprint density at radius 2 is 1.01 bits per heavy atom. The van der Waals surface area contributed by atoms with Crippen molar-refractivity contribution < 1.29 is 64.6 Å². The Balaban J connectivity index is 1.87. The summed E-state index contributed by atoms with van der Waals surface area (Å²) in [5, 5.41) is 86.7. The molecule has 0 spiro atoms. The maximum atomic E-state index is 13.1. The van der Waals surface area contributed by atoms with Gasteiger partial charge in [0.05, 0.1) is 32.0 Å². The van der Waals surface area contributed by atoms with Crippen LogP contribution in [0.15, 0.2) is 85.1 Å². The van der Waals surface area contributed by atoms with Crippen molar-refractivity contribution in [3.8, 4) is 0 Å². The molecule has 2 saturated heterocycles. The molecule has 12 unspecified atom stereocenters. The van der Waals surface area contributed by atoms with Gasteiger partial charge in [0.1, 0.15) is 48.8 Å². The predicted octanol–water partition coefficient (Wildman–Crippen LogP) is 7.38. The van der Waals surface area contributed by atoms with Crippen LogP contribution in [-0.2, 0) is 23.7 Å². The average molecular weight is 976 g/mol. The van der Waals surface area contributed by atoms with E-state index in [-0.39, 0.29) is 18.9 Å². The zero-order valence-corrected chi connectivity index (χ0v) is 42.0. The van der Waals surface area contributed by atoms with Gasteiger partial charge in [-0.25, -0.2) is 0 Å². The number of carbonyl (C=O) groups is 1. The summed E-state index contributed by atoms with van der Waals surface area (Å²) < 4.78 is 22.6. The highest BCUT2D eigenvalue weighted by atomic mass is 16.7. The molecule has 2 aliphatic heterocycles. The van der Waals surface area contributed by atoms with E-state index < -0.39 is 86.8 Å². The molecule has 0 saturated carbocycles. The maximum absolute atomic E-state index is 13.1. The third-order valence-corrected chi connectivity index (χ3v) is 12.3. The van der Waals surface area contributed by atoms with Gasteiger partial charge < -0.3 is 65.1 Å². The van der Waals surface area contributed by atoms with Crippen LogP contribution in [0.1, 0.15) is 162 Å². The van der Waals surface area contributed by atoms with Crippen LogP contribution in [0, 0.1) is 0 Å². The van der Waals surface area contributed by atoms with Crippen molar-refractivity contribution in [1.82, 2.24) is 5.32 Å². The van der Waals surface area contributed by atoms with Gasteiger partial charge in [0, 0.05) is 6.42 Å². The molecule has 0 radical (unpaired) electrons. The van der Waals surface area contributed by atoms with Gasteiger partial charge >= 0.3 is 0 Å². The second-order valence-corrected chi connectivity index (χ2v) is 18.2. The molecule has 0 aliphatic carbocycles. The first-order valence-electron chi connectivity index (χ1n) is 26.3. The fourth-order valence-corrected chi connectivity index (χ4v) is 8.04. The molecule has 9 N–H and O–H groups in total. The van der Waals surface area contributed by atoms with Crippen molar-refractivity contribution >= 4 is 5.91 Å². The number of aliphatic hydroxyl groups is 8. The standard InChI is InChI=1S/C55H93NO13/c1-3-5-7-9-11-13-15-17-18-19-20-21-22-23-24-25-27-28-30-32-34-36-38-44(59)43(56-47(60)39-37-35-33-31-29-26-16-14-12-10-8-6-4-2)42-66-54-52(65)50(63)53(46(41-58)68-54)69-55-51(64)49(62)48(61)45(40-57)67-55/h6,8,12,14,23-24,26,28-30,33,35-36,38,43-46,48-55,57-59,61-65H,3-5,7,9-11,13,15-22,25,27,31-32,34,37,39-42H2,1-2H3,(H,56,60)/b8-6-,14-12-,24-23+,29-26-,30-28+,35-33-,38-36+. The molecule has 2 heterocycles. The first kappa shape index (κ1) is 62.3. The van der Waals surface area contributed by atoms with Crippen molar-refractivity contribution in [2.24, 2.45) is 0 Å². The van der Waals surface area contributed by atoms with E-state index in [4.69, 9.17) is 18.9 Å². The molecular formula is C55H93NO13. The first-order chi connectivity index (χ1) is 33.6. The van der Waals surface area contributed by atoms with Crippen LogP contribution in [0.5, 0.6) is 0 Å². The molecule has 12 atom stereocenters. The molecular weight excluding hydrogens is 883 g/mol. The number of hydrogen-bond acceptors (Lipinski definition) is 13. The number of allylic oxidation sites excluding steroid dienone is 13. The molecule has 69 heavy (non-hydrogen) atoms. The molecule has 2 fully saturated rings. The lowest BCUT2D eigenvalue weighted by Gasteiger charge is -2.46. The van der Waals surface area contributed by atoms with Crippen molar-refractivity contribution in [2.75, 3.05) is 19.8 Å². The number of rotatable bonds is 39. The highest BCUT2D eigenvalue weighted by Gasteiger charge is 2.51. The van der Waals surface area contributed by atoms with Gasteiger partial charge in [0.2, 0.25) is 5.91 Å². The van der Waals surface area contributed by atoms with Gasteiger partial charge in [-0.2, -0.15) is 0 Å². The number of aliphatic hydroxyl groups excluding tert-OH is 8. The second-order valence-electron chi connectivity index (χ2n) is 18.2. The summed E-state index contributed by atoms with van der Waals surface area (Å²) in [5.41, 5.74) is 0. The summed E-state index contributed by atoms with van der Waals surface area (Å²) >= 11 is 0. The summed E-state index contributed by atoms with van der Waals surface area (Å²) in [5.74, 6) is -0.337. The fraction of sp³-hybridized carbons (Fsp3) is 0.727. The number of carbonyl (C=O) groups excluding carboxylic acids is 1.